The van der Waals surface area contributed by atoms with Crippen molar-refractivity contribution in [2.45, 2.75) is 13.8 Å². The summed E-state index contributed by atoms with van der Waals surface area (Å²) in [5.74, 6) is -1.18. The average Bonchev–Trinajstić information content (AvgIpc) is 2.79. The molecule has 2 N–H and O–H groups in total. The fourth-order valence-electron chi connectivity index (χ4n) is 3.41. The normalized spacial score (nSPS) is 9.94. The fourth-order valence-corrected chi connectivity index (χ4v) is 6.99. The smallest absolute Gasteiger partial charge is 1.00 e. The summed E-state index contributed by atoms with van der Waals surface area (Å²) in [7, 11) is 0. The molecule has 36 heavy (non-hydrogen) atoms. The first-order valence-corrected chi connectivity index (χ1v) is 14.3. The van der Waals surface area contributed by atoms with Crippen LogP contribution in [0, 0.1) is 0 Å². The zero-order chi connectivity index (χ0) is 24.3. The monoisotopic (exact) mass is 825 g/mol. The molecule has 0 unspecified atom stereocenters. The van der Waals surface area contributed by atoms with Crippen molar-refractivity contribution in [3.05, 3.63) is 67.2 Å². The molecule has 2 aromatic carbocycles. The van der Waals surface area contributed by atoms with Gasteiger partial charge in [0.05, 0.1) is 0 Å². The third kappa shape index (κ3) is 7.88. The molecule has 12 heteroatoms. The van der Waals surface area contributed by atoms with Gasteiger partial charge in [0.25, 0.3) is 0 Å². The number of benzene rings is 3. The van der Waals surface area contributed by atoms with Gasteiger partial charge < -0.3 is 10.2 Å². The van der Waals surface area contributed by atoms with Crippen LogP contribution in [0.25, 0.3) is 33.4 Å². The molecule has 0 amide bonds. The topological polar surface area (TPSA) is 134 Å². The van der Waals surface area contributed by atoms with Gasteiger partial charge in [0, 0.05) is 13.2 Å². The number of carboxylic acid groups (broad SMARTS) is 1. The van der Waals surface area contributed by atoms with E-state index in [1.165, 1.54) is 12.1 Å². The summed E-state index contributed by atoms with van der Waals surface area (Å²) < 4.78 is 12.0. The summed E-state index contributed by atoms with van der Waals surface area (Å²) >= 11 is 6.47. The van der Waals surface area contributed by atoms with E-state index in [0.29, 0.717) is 39.7 Å². The quantitative estimate of drug-likeness (QED) is 0.159. The SMILES string of the molecule is CCOCC.O.O=C([O-])c1ccccc1-c1c2cc(Br)c(=O)cc-2oc2[c]([Hg])c([O-])c(Br)cc12.[Na+].[Na+]. The third-order valence-corrected chi connectivity index (χ3v) is 8.60. The molecule has 0 saturated carbocycles. The van der Waals surface area contributed by atoms with Crippen molar-refractivity contribution in [3.8, 4) is 28.2 Å². The summed E-state index contributed by atoms with van der Waals surface area (Å²) in [6.45, 7) is 5.67. The van der Waals surface area contributed by atoms with Crippen LogP contribution in [0.15, 0.2) is 60.6 Å². The maximum Gasteiger partial charge on any atom is 1.00 e. The predicted molar refractivity (Wildman–Crippen MR) is 129 cm³/mol. The van der Waals surface area contributed by atoms with Gasteiger partial charge in [-0.1, -0.05) is 0 Å². The summed E-state index contributed by atoms with van der Waals surface area (Å²) in [4.78, 5) is 23.9. The largest absolute Gasteiger partial charge is 1.00 e. The summed E-state index contributed by atoms with van der Waals surface area (Å²) in [6.07, 6.45) is 0. The van der Waals surface area contributed by atoms with Crippen molar-refractivity contribution in [2.75, 3.05) is 13.2 Å². The van der Waals surface area contributed by atoms with Crippen molar-refractivity contribution in [3.63, 3.8) is 0 Å². The van der Waals surface area contributed by atoms with E-state index < -0.39 is 5.97 Å². The number of carbonyl (C=O) groups is 1. The number of carboxylic acids is 1. The average molecular weight is 826 g/mol. The van der Waals surface area contributed by atoms with Gasteiger partial charge >= 0.3 is 252 Å². The van der Waals surface area contributed by atoms with E-state index in [9.17, 15) is 19.8 Å². The van der Waals surface area contributed by atoms with Crippen LogP contribution in [0.2, 0.25) is 0 Å². The molecule has 4 rings (SSSR count). The summed E-state index contributed by atoms with van der Waals surface area (Å²) in [5, 5.41) is 24.8. The summed E-state index contributed by atoms with van der Waals surface area (Å²) in [6, 6.07) is 11.1. The Morgan fingerprint density at radius 3 is 2.19 bits per heavy atom. The van der Waals surface area contributed by atoms with E-state index in [1.54, 1.807) is 30.3 Å². The van der Waals surface area contributed by atoms with Crippen LogP contribution in [-0.2, 0) is 30.9 Å². The van der Waals surface area contributed by atoms with E-state index >= 15 is 0 Å². The van der Waals surface area contributed by atoms with Gasteiger partial charge in [0.2, 0.25) is 0 Å². The van der Waals surface area contributed by atoms with E-state index in [2.05, 4.69) is 31.9 Å². The van der Waals surface area contributed by atoms with Crippen molar-refractivity contribution >= 4 is 51.9 Å². The standard InChI is InChI=1S/C20H9Br2O5.C4H10O.Hg.2Na.H2O/c21-13-5-11-17(7-15(13)23)27-18-8-16(24)14(22)6-12(18)19(11)9-3-1-2-4-10(9)20(25)26;1-3-5-4-2;;;;/h1-7,24H,(H,25,26);3-4H2,1-2H3;;;;1H2/q;;;2*+1;/p-2. The Morgan fingerprint density at radius 1 is 1.03 bits per heavy atom. The second-order valence-corrected chi connectivity index (χ2v) is 11.4. The number of halogens is 2. The number of aromatic carboxylic acids is 1. The second-order valence-electron chi connectivity index (χ2n) is 6.91. The minimum atomic E-state index is -1.31. The molecule has 2 aromatic rings. The number of ether oxygens (including phenoxy) is 1. The van der Waals surface area contributed by atoms with Crippen LogP contribution >= 0.6 is 31.9 Å². The number of fused-ring (bicyclic) bond motifs is 2. The number of hydrogen-bond donors (Lipinski definition) is 0. The van der Waals surface area contributed by atoms with Gasteiger partial charge in [0.1, 0.15) is 0 Å². The Labute approximate surface area is 285 Å². The first kappa shape index (κ1) is 36.2. The van der Waals surface area contributed by atoms with Crippen LogP contribution in [0.4, 0.5) is 0 Å². The van der Waals surface area contributed by atoms with Crippen LogP contribution in [0.5, 0.6) is 5.75 Å². The van der Waals surface area contributed by atoms with Gasteiger partial charge in [0.15, 0.2) is 0 Å². The molecule has 0 saturated heterocycles. The molecule has 7 nitrogen and oxygen atoms in total. The Kier molecular flexibility index (Phi) is 16.4. The zero-order valence-corrected chi connectivity index (χ0v) is 33.0. The molecule has 175 valence electrons. The van der Waals surface area contributed by atoms with Gasteiger partial charge in [-0.05, 0) is 13.8 Å². The van der Waals surface area contributed by atoms with Gasteiger partial charge in [-0.25, -0.2) is 0 Å². The Hall–Kier alpha value is 0.215. The second kappa shape index (κ2) is 16.3. The van der Waals surface area contributed by atoms with Gasteiger partial charge in [-0.2, -0.15) is 0 Å². The van der Waals surface area contributed by atoms with E-state index in [1.807, 2.05) is 13.8 Å². The van der Waals surface area contributed by atoms with Gasteiger partial charge in [-0.3, -0.25) is 0 Å². The van der Waals surface area contributed by atoms with E-state index in [4.69, 9.17) is 9.15 Å². The fraction of sp³-hybridized carbons (Fsp3) is 0.167. The van der Waals surface area contributed by atoms with Crippen LogP contribution < -0.4 is 77.8 Å². The Balaban J connectivity index is 0.00000140. The molecule has 0 fully saturated rings. The minimum absolute atomic E-state index is 0. The van der Waals surface area contributed by atoms with Gasteiger partial charge in [-0.15, -0.1) is 0 Å². The van der Waals surface area contributed by atoms with Crippen molar-refractivity contribution < 1.29 is 115 Å². The summed E-state index contributed by atoms with van der Waals surface area (Å²) in [5.41, 5.74) is 1.69. The molecule has 1 aliphatic heterocycles. The zero-order valence-electron chi connectivity index (χ0n) is 20.4. The number of hydrogen-bond acceptors (Lipinski definition) is 6. The maximum absolute atomic E-state index is 12.4. The molecule has 2 aliphatic rings. The van der Waals surface area contributed by atoms with E-state index in [-0.39, 0.29) is 113 Å². The van der Waals surface area contributed by atoms with Crippen LogP contribution in [0.3, 0.4) is 0 Å². The first-order valence-electron chi connectivity index (χ1n) is 10.0. The van der Waals surface area contributed by atoms with Crippen molar-refractivity contribution in [1.82, 2.24) is 0 Å². The molecule has 0 bridgehead atoms. The molecular formula is C24H19Br2HgNa2O7. The Bertz CT molecular complexity index is 1380. The minimum Gasteiger partial charge on any atom is 1.00 e. The van der Waals surface area contributed by atoms with Crippen molar-refractivity contribution in [1.29, 1.82) is 0 Å². The van der Waals surface area contributed by atoms with E-state index in [0.717, 1.165) is 13.2 Å². The van der Waals surface area contributed by atoms with Crippen molar-refractivity contribution in [2.24, 2.45) is 0 Å². The maximum atomic E-state index is 12.4. The number of carbonyl (C=O) groups excluding carboxylic acids is 1. The van der Waals surface area contributed by atoms with Crippen LogP contribution in [0.1, 0.15) is 24.2 Å². The molecular weight excluding hydrogens is 807 g/mol. The number of rotatable bonds is 4. The third-order valence-electron chi connectivity index (χ3n) is 4.89. The molecule has 0 radical (unpaired) electrons. The molecule has 1 aliphatic carbocycles. The first-order chi connectivity index (χ1) is 15.7. The Morgan fingerprint density at radius 2 is 1.64 bits per heavy atom. The molecule has 0 aromatic heterocycles. The predicted octanol–water partition coefficient (Wildman–Crippen LogP) is -3.07. The molecule has 1 heterocycles. The molecule has 0 spiro atoms. The van der Waals surface area contributed by atoms with Crippen LogP contribution in [-0.4, -0.2) is 24.7 Å². The molecule has 0 atom stereocenters.